The van der Waals surface area contributed by atoms with Gasteiger partial charge in [-0.15, -0.1) is 0 Å². The molecular formula is C24H31ClN4O. The zero-order valence-corrected chi connectivity index (χ0v) is 18.5. The SMILES string of the molecule is CC(C(=O)N1CCN(Cc2ccccc2)CC1)N1CCN(c2ccc(Cl)cc2)CC1. The largest absolute Gasteiger partial charge is 0.369 e. The van der Waals surface area contributed by atoms with Gasteiger partial charge in [0.25, 0.3) is 0 Å². The molecule has 2 aliphatic rings. The van der Waals surface area contributed by atoms with Crippen molar-refractivity contribution < 1.29 is 4.79 Å². The van der Waals surface area contributed by atoms with E-state index in [0.717, 1.165) is 63.9 Å². The number of carbonyl (C=O) groups is 1. The van der Waals surface area contributed by atoms with Crippen LogP contribution in [-0.2, 0) is 11.3 Å². The van der Waals surface area contributed by atoms with E-state index in [1.165, 1.54) is 11.3 Å². The molecule has 1 atom stereocenters. The van der Waals surface area contributed by atoms with Crippen molar-refractivity contribution in [1.29, 1.82) is 0 Å². The number of hydrogen-bond acceptors (Lipinski definition) is 4. The van der Waals surface area contributed by atoms with E-state index in [0.29, 0.717) is 0 Å². The van der Waals surface area contributed by atoms with E-state index < -0.39 is 0 Å². The molecule has 0 saturated carbocycles. The molecule has 1 amide bonds. The van der Waals surface area contributed by atoms with E-state index in [4.69, 9.17) is 11.6 Å². The number of anilines is 1. The quantitative estimate of drug-likeness (QED) is 0.734. The Morgan fingerprint density at radius 2 is 1.50 bits per heavy atom. The van der Waals surface area contributed by atoms with Gasteiger partial charge in [-0.05, 0) is 36.8 Å². The summed E-state index contributed by atoms with van der Waals surface area (Å²) in [5, 5.41) is 0.764. The third-order valence-corrected chi connectivity index (χ3v) is 6.60. The average Bonchev–Trinajstić information content (AvgIpc) is 2.80. The van der Waals surface area contributed by atoms with Gasteiger partial charge in [0.2, 0.25) is 5.91 Å². The summed E-state index contributed by atoms with van der Waals surface area (Å²) in [6.07, 6.45) is 0. The van der Waals surface area contributed by atoms with Gasteiger partial charge in [-0.1, -0.05) is 41.9 Å². The van der Waals surface area contributed by atoms with Crippen LogP contribution in [0.15, 0.2) is 54.6 Å². The number of amides is 1. The van der Waals surface area contributed by atoms with Crippen molar-refractivity contribution in [2.24, 2.45) is 0 Å². The van der Waals surface area contributed by atoms with E-state index >= 15 is 0 Å². The van der Waals surface area contributed by atoms with Crippen molar-refractivity contribution in [3.63, 3.8) is 0 Å². The molecule has 0 bridgehead atoms. The van der Waals surface area contributed by atoms with Crippen molar-refractivity contribution in [3.05, 3.63) is 65.2 Å². The molecule has 30 heavy (non-hydrogen) atoms. The van der Waals surface area contributed by atoms with Crippen molar-refractivity contribution >= 4 is 23.2 Å². The van der Waals surface area contributed by atoms with Crippen molar-refractivity contribution in [1.82, 2.24) is 14.7 Å². The minimum absolute atomic E-state index is 0.0574. The Morgan fingerprint density at radius 3 is 2.13 bits per heavy atom. The second-order valence-corrected chi connectivity index (χ2v) is 8.70. The van der Waals surface area contributed by atoms with Gasteiger partial charge in [0, 0.05) is 69.6 Å². The first-order valence-electron chi connectivity index (χ1n) is 10.9. The molecule has 1 unspecified atom stereocenters. The van der Waals surface area contributed by atoms with E-state index in [1.807, 2.05) is 12.1 Å². The first kappa shape index (κ1) is 21.2. The minimum atomic E-state index is -0.0574. The predicted molar refractivity (Wildman–Crippen MR) is 123 cm³/mol. The Labute approximate surface area is 184 Å². The van der Waals surface area contributed by atoms with Gasteiger partial charge >= 0.3 is 0 Å². The standard InChI is InChI=1S/C24H31ClN4O/c1-20(27-15-17-28(18-16-27)23-9-7-22(25)8-10-23)24(30)29-13-11-26(12-14-29)19-21-5-3-2-4-6-21/h2-10,20H,11-19H2,1H3. The fourth-order valence-electron chi connectivity index (χ4n) is 4.41. The Bertz CT molecular complexity index is 813. The van der Waals surface area contributed by atoms with Gasteiger partial charge in [0.1, 0.15) is 0 Å². The molecule has 0 radical (unpaired) electrons. The van der Waals surface area contributed by atoms with Crippen LogP contribution >= 0.6 is 11.6 Å². The van der Waals surface area contributed by atoms with Gasteiger partial charge in [-0.25, -0.2) is 0 Å². The Balaban J connectivity index is 1.24. The van der Waals surface area contributed by atoms with Crippen LogP contribution in [0.4, 0.5) is 5.69 Å². The summed E-state index contributed by atoms with van der Waals surface area (Å²) >= 11 is 6.00. The molecule has 5 nitrogen and oxygen atoms in total. The summed E-state index contributed by atoms with van der Waals surface area (Å²) in [6, 6.07) is 18.5. The molecule has 4 rings (SSSR count). The smallest absolute Gasteiger partial charge is 0.239 e. The molecule has 6 heteroatoms. The molecule has 2 aliphatic heterocycles. The van der Waals surface area contributed by atoms with E-state index in [1.54, 1.807) is 0 Å². The Hall–Kier alpha value is -2.08. The van der Waals surface area contributed by atoms with Crippen LogP contribution in [0.25, 0.3) is 0 Å². The first-order valence-corrected chi connectivity index (χ1v) is 11.3. The number of nitrogens with zero attached hydrogens (tertiary/aromatic N) is 4. The highest BCUT2D eigenvalue weighted by Crippen LogP contribution is 2.20. The van der Waals surface area contributed by atoms with Gasteiger partial charge in [0.05, 0.1) is 6.04 Å². The topological polar surface area (TPSA) is 30.0 Å². The molecule has 160 valence electrons. The fourth-order valence-corrected chi connectivity index (χ4v) is 4.53. The zero-order valence-electron chi connectivity index (χ0n) is 17.7. The molecule has 0 N–H and O–H groups in total. The fraction of sp³-hybridized carbons (Fsp3) is 0.458. The predicted octanol–water partition coefficient (Wildman–Crippen LogP) is 3.19. The monoisotopic (exact) mass is 426 g/mol. The highest BCUT2D eigenvalue weighted by molar-refractivity contribution is 6.30. The summed E-state index contributed by atoms with van der Waals surface area (Å²) < 4.78 is 0. The third kappa shape index (κ3) is 5.15. The number of halogens is 1. The van der Waals surface area contributed by atoms with Crippen LogP contribution in [0.1, 0.15) is 12.5 Å². The normalized spacial score (nSPS) is 19.7. The molecule has 2 aromatic rings. The van der Waals surface area contributed by atoms with Crippen LogP contribution < -0.4 is 4.90 Å². The molecule has 0 aliphatic carbocycles. The second-order valence-electron chi connectivity index (χ2n) is 8.26. The molecule has 2 saturated heterocycles. The minimum Gasteiger partial charge on any atom is -0.369 e. The van der Waals surface area contributed by atoms with Crippen LogP contribution in [0.2, 0.25) is 5.02 Å². The summed E-state index contributed by atoms with van der Waals surface area (Å²) in [4.78, 5) is 22.3. The average molecular weight is 427 g/mol. The van der Waals surface area contributed by atoms with Crippen molar-refractivity contribution in [2.75, 3.05) is 57.3 Å². The lowest BCUT2D eigenvalue weighted by atomic mass is 10.1. The highest BCUT2D eigenvalue weighted by atomic mass is 35.5. The molecule has 0 aromatic heterocycles. The Kier molecular flexibility index (Phi) is 6.93. The molecule has 2 heterocycles. The highest BCUT2D eigenvalue weighted by Gasteiger charge is 2.30. The number of rotatable bonds is 5. The maximum atomic E-state index is 13.1. The maximum Gasteiger partial charge on any atom is 0.239 e. The van der Waals surface area contributed by atoms with Crippen LogP contribution in [0.5, 0.6) is 0 Å². The van der Waals surface area contributed by atoms with Crippen LogP contribution in [0, 0.1) is 0 Å². The van der Waals surface area contributed by atoms with E-state index in [-0.39, 0.29) is 11.9 Å². The zero-order chi connectivity index (χ0) is 20.9. The lowest BCUT2D eigenvalue weighted by Crippen LogP contribution is -2.57. The third-order valence-electron chi connectivity index (χ3n) is 6.34. The summed E-state index contributed by atoms with van der Waals surface area (Å²) in [5.41, 5.74) is 2.54. The Morgan fingerprint density at radius 1 is 0.867 bits per heavy atom. The lowest BCUT2D eigenvalue weighted by molar-refractivity contribution is -0.138. The molecule has 2 fully saturated rings. The maximum absolute atomic E-state index is 13.1. The van der Waals surface area contributed by atoms with E-state index in [9.17, 15) is 4.79 Å². The van der Waals surface area contributed by atoms with Gasteiger partial charge in [-0.3, -0.25) is 14.6 Å². The van der Waals surface area contributed by atoms with Crippen molar-refractivity contribution in [2.45, 2.75) is 19.5 Å². The number of hydrogen-bond donors (Lipinski definition) is 0. The summed E-state index contributed by atoms with van der Waals surface area (Å²) in [6.45, 7) is 10.2. The van der Waals surface area contributed by atoms with Gasteiger partial charge < -0.3 is 9.80 Å². The summed E-state index contributed by atoms with van der Waals surface area (Å²) in [5.74, 6) is 0.273. The van der Waals surface area contributed by atoms with Crippen LogP contribution in [-0.4, -0.2) is 79.0 Å². The molecule has 0 spiro atoms. The number of piperazine rings is 2. The van der Waals surface area contributed by atoms with Gasteiger partial charge in [-0.2, -0.15) is 0 Å². The lowest BCUT2D eigenvalue weighted by Gasteiger charge is -2.41. The number of carbonyl (C=O) groups excluding carboxylic acids is 1. The molecular weight excluding hydrogens is 396 g/mol. The molecule has 2 aromatic carbocycles. The second kappa shape index (κ2) is 9.82. The summed E-state index contributed by atoms with van der Waals surface area (Å²) in [7, 11) is 0. The van der Waals surface area contributed by atoms with E-state index in [2.05, 4.69) is 69.0 Å². The van der Waals surface area contributed by atoms with Gasteiger partial charge in [0.15, 0.2) is 0 Å². The van der Waals surface area contributed by atoms with Crippen molar-refractivity contribution in [3.8, 4) is 0 Å². The number of benzene rings is 2. The first-order chi connectivity index (χ1) is 14.6. The van der Waals surface area contributed by atoms with Crippen LogP contribution in [0.3, 0.4) is 0 Å².